The van der Waals surface area contributed by atoms with Gasteiger partial charge >= 0.3 is 12.1 Å². The molecule has 0 aliphatic carbocycles. The second-order valence-corrected chi connectivity index (χ2v) is 3.87. The van der Waals surface area contributed by atoms with Crippen LogP contribution in [0, 0.1) is 6.92 Å². The molecule has 2 nitrogen and oxygen atoms in total. The summed E-state index contributed by atoms with van der Waals surface area (Å²) in [5.74, 6) is -1.77. The number of hydrogen-bond donors (Lipinski definition) is 1. The van der Waals surface area contributed by atoms with Crippen molar-refractivity contribution in [1.82, 2.24) is 0 Å². The predicted octanol–water partition coefficient (Wildman–Crippen LogP) is 3.59. The Morgan fingerprint density at radius 3 is 2.35 bits per heavy atom. The van der Waals surface area contributed by atoms with Crippen molar-refractivity contribution in [1.29, 1.82) is 0 Å². The molecule has 0 spiro atoms. The van der Waals surface area contributed by atoms with Crippen molar-refractivity contribution in [2.24, 2.45) is 0 Å². The average molecular weight is 246 g/mol. The molecule has 0 aromatic heterocycles. The van der Waals surface area contributed by atoms with Crippen LogP contribution < -0.4 is 0 Å². The quantitative estimate of drug-likeness (QED) is 0.884. The highest BCUT2D eigenvalue weighted by Crippen LogP contribution is 2.32. The summed E-state index contributed by atoms with van der Waals surface area (Å²) in [6.07, 6.45) is -4.05. The average Bonchev–Trinajstić information content (AvgIpc) is 2.19. The molecule has 1 rings (SSSR count). The summed E-state index contributed by atoms with van der Waals surface area (Å²) in [7, 11) is 0. The number of hydrogen-bond acceptors (Lipinski definition) is 1. The van der Waals surface area contributed by atoms with E-state index in [4.69, 9.17) is 5.11 Å². The van der Waals surface area contributed by atoms with E-state index in [0.29, 0.717) is 17.5 Å². The van der Waals surface area contributed by atoms with E-state index in [0.717, 1.165) is 12.1 Å². The SMILES string of the molecule is CCC(C(=O)O)c1ccc(C(F)(F)F)cc1C. The molecule has 0 aliphatic heterocycles. The normalized spacial score (nSPS) is 13.5. The molecule has 1 unspecified atom stereocenters. The molecular weight excluding hydrogens is 233 g/mol. The minimum atomic E-state index is -4.39. The Labute approximate surface area is 97.1 Å². The van der Waals surface area contributed by atoms with Crippen LogP contribution in [-0.4, -0.2) is 11.1 Å². The summed E-state index contributed by atoms with van der Waals surface area (Å²) < 4.78 is 37.3. The summed E-state index contributed by atoms with van der Waals surface area (Å²) in [6, 6.07) is 3.16. The fourth-order valence-electron chi connectivity index (χ4n) is 1.77. The maximum absolute atomic E-state index is 12.4. The van der Waals surface area contributed by atoms with Crippen molar-refractivity contribution in [2.75, 3.05) is 0 Å². The lowest BCUT2D eigenvalue weighted by molar-refractivity contribution is -0.139. The van der Waals surface area contributed by atoms with Crippen molar-refractivity contribution in [2.45, 2.75) is 32.4 Å². The van der Waals surface area contributed by atoms with Gasteiger partial charge in [-0.3, -0.25) is 4.79 Å². The molecule has 0 saturated carbocycles. The van der Waals surface area contributed by atoms with Crippen LogP contribution in [0.25, 0.3) is 0 Å². The van der Waals surface area contributed by atoms with Gasteiger partial charge in [0.1, 0.15) is 0 Å². The van der Waals surface area contributed by atoms with Crippen molar-refractivity contribution in [3.8, 4) is 0 Å². The van der Waals surface area contributed by atoms with Crippen LogP contribution in [0.15, 0.2) is 18.2 Å². The number of benzene rings is 1. The standard InChI is InChI=1S/C12H13F3O2/c1-3-9(11(16)17)10-5-4-8(6-7(10)2)12(13,14)15/h4-6,9H,3H2,1-2H3,(H,16,17). The largest absolute Gasteiger partial charge is 0.481 e. The molecule has 0 heterocycles. The molecule has 0 bridgehead atoms. The molecule has 1 N–H and O–H groups in total. The first-order valence-corrected chi connectivity index (χ1v) is 5.18. The topological polar surface area (TPSA) is 37.3 Å². The molecule has 0 amide bonds. The monoisotopic (exact) mass is 246 g/mol. The summed E-state index contributed by atoms with van der Waals surface area (Å²) in [4.78, 5) is 10.9. The zero-order valence-electron chi connectivity index (χ0n) is 9.51. The van der Waals surface area contributed by atoms with E-state index in [9.17, 15) is 18.0 Å². The molecule has 0 saturated heterocycles. The number of aliphatic carboxylic acids is 1. The fraction of sp³-hybridized carbons (Fsp3) is 0.417. The van der Waals surface area contributed by atoms with Gasteiger partial charge in [0.2, 0.25) is 0 Å². The molecular formula is C12H13F3O2. The molecule has 1 aromatic rings. The summed E-state index contributed by atoms with van der Waals surface area (Å²) in [5.41, 5.74) is 0.0427. The molecule has 0 radical (unpaired) electrons. The number of carbonyl (C=O) groups is 1. The number of carboxylic acids is 1. The fourth-order valence-corrected chi connectivity index (χ4v) is 1.77. The third kappa shape index (κ3) is 2.99. The maximum atomic E-state index is 12.4. The van der Waals surface area contributed by atoms with Crippen LogP contribution >= 0.6 is 0 Å². The maximum Gasteiger partial charge on any atom is 0.416 e. The van der Waals surface area contributed by atoms with E-state index in [-0.39, 0.29) is 0 Å². The van der Waals surface area contributed by atoms with Gasteiger partial charge in [-0.25, -0.2) is 0 Å². The van der Waals surface area contributed by atoms with E-state index in [1.807, 2.05) is 0 Å². The molecule has 0 aliphatic rings. The summed E-state index contributed by atoms with van der Waals surface area (Å²) in [6.45, 7) is 3.19. The lowest BCUT2D eigenvalue weighted by Crippen LogP contribution is -2.13. The predicted molar refractivity (Wildman–Crippen MR) is 56.8 cm³/mol. The number of alkyl halides is 3. The van der Waals surface area contributed by atoms with Crippen LogP contribution in [0.5, 0.6) is 0 Å². The lowest BCUT2D eigenvalue weighted by atomic mass is 9.91. The Bertz CT molecular complexity index is 424. The Balaban J connectivity index is 3.18. The van der Waals surface area contributed by atoms with Crippen molar-refractivity contribution >= 4 is 5.97 Å². The van der Waals surface area contributed by atoms with E-state index in [1.54, 1.807) is 6.92 Å². The van der Waals surface area contributed by atoms with E-state index in [2.05, 4.69) is 0 Å². The highest BCUT2D eigenvalue weighted by atomic mass is 19.4. The minimum absolute atomic E-state index is 0.349. The molecule has 1 aromatic carbocycles. The van der Waals surface area contributed by atoms with Crippen LogP contribution in [-0.2, 0) is 11.0 Å². The highest BCUT2D eigenvalue weighted by Gasteiger charge is 2.31. The van der Waals surface area contributed by atoms with Gasteiger partial charge in [-0.1, -0.05) is 13.0 Å². The number of aryl methyl sites for hydroxylation is 1. The highest BCUT2D eigenvalue weighted by molar-refractivity contribution is 5.76. The van der Waals surface area contributed by atoms with Gasteiger partial charge in [-0.05, 0) is 36.6 Å². The Morgan fingerprint density at radius 2 is 2.00 bits per heavy atom. The van der Waals surface area contributed by atoms with E-state index >= 15 is 0 Å². The Kier molecular flexibility index (Phi) is 3.80. The summed E-state index contributed by atoms with van der Waals surface area (Å²) >= 11 is 0. The number of carboxylic acid groups (broad SMARTS) is 1. The Morgan fingerprint density at radius 1 is 1.41 bits per heavy atom. The first-order valence-electron chi connectivity index (χ1n) is 5.18. The van der Waals surface area contributed by atoms with Crippen molar-refractivity contribution in [3.63, 3.8) is 0 Å². The smallest absolute Gasteiger partial charge is 0.416 e. The van der Waals surface area contributed by atoms with Crippen LogP contribution in [0.1, 0.15) is 36.0 Å². The molecule has 5 heteroatoms. The van der Waals surface area contributed by atoms with Gasteiger partial charge in [0.05, 0.1) is 11.5 Å². The first kappa shape index (κ1) is 13.5. The minimum Gasteiger partial charge on any atom is -0.481 e. The molecule has 0 fully saturated rings. The van der Waals surface area contributed by atoms with Crippen molar-refractivity contribution < 1.29 is 23.1 Å². The van der Waals surface area contributed by atoms with Gasteiger partial charge in [0.15, 0.2) is 0 Å². The van der Waals surface area contributed by atoms with Gasteiger partial charge in [-0.2, -0.15) is 13.2 Å². The third-order valence-electron chi connectivity index (χ3n) is 2.68. The van der Waals surface area contributed by atoms with Gasteiger partial charge < -0.3 is 5.11 Å². The zero-order chi connectivity index (χ0) is 13.2. The third-order valence-corrected chi connectivity index (χ3v) is 2.68. The molecule has 17 heavy (non-hydrogen) atoms. The van der Waals surface area contributed by atoms with Crippen molar-refractivity contribution in [3.05, 3.63) is 34.9 Å². The second-order valence-electron chi connectivity index (χ2n) is 3.87. The number of rotatable bonds is 3. The van der Waals surface area contributed by atoms with E-state index < -0.39 is 23.6 Å². The Hall–Kier alpha value is -1.52. The zero-order valence-corrected chi connectivity index (χ0v) is 9.51. The van der Waals surface area contributed by atoms with E-state index in [1.165, 1.54) is 13.0 Å². The van der Waals surface area contributed by atoms with Gasteiger partial charge in [0, 0.05) is 0 Å². The lowest BCUT2D eigenvalue weighted by Gasteiger charge is -2.15. The van der Waals surface area contributed by atoms with Crippen LogP contribution in [0.4, 0.5) is 13.2 Å². The molecule has 1 atom stereocenters. The first-order chi connectivity index (χ1) is 7.77. The van der Waals surface area contributed by atoms with Crippen LogP contribution in [0.3, 0.4) is 0 Å². The van der Waals surface area contributed by atoms with Gasteiger partial charge in [-0.15, -0.1) is 0 Å². The second kappa shape index (κ2) is 4.77. The van der Waals surface area contributed by atoms with Gasteiger partial charge in [0.25, 0.3) is 0 Å². The number of halogens is 3. The molecule has 94 valence electrons. The van der Waals surface area contributed by atoms with Crippen LogP contribution in [0.2, 0.25) is 0 Å². The summed E-state index contributed by atoms with van der Waals surface area (Å²) in [5, 5.41) is 8.96.